The summed E-state index contributed by atoms with van der Waals surface area (Å²) in [6.07, 6.45) is 7.15. The molecule has 0 aromatic rings. The quantitative estimate of drug-likeness (QED) is 0.673. The van der Waals surface area contributed by atoms with Gasteiger partial charge in [-0.3, -0.25) is 4.79 Å². The summed E-state index contributed by atoms with van der Waals surface area (Å²) in [4.78, 5) is 12.3. The standard InChI is InChI=1S/C14H27NO2/c1-12(2)11-14(7-3-4-8-14)13(17)15-9-5-6-10-16/h12,16H,3-11H2,1-2H3,(H,15,17). The minimum atomic E-state index is -0.0899. The molecule has 1 saturated carbocycles. The molecule has 17 heavy (non-hydrogen) atoms. The van der Waals surface area contributed by atoms with Crippen molar-refractivity contribution in [2.45, 2.75) is 58.8 Å². The molecule has 0 saturated heterocycles. The van der Waals surface area contributed by atoms with Crippen LogP contribution in [-0.2, 0) is 4.79 Å². The normalized spacial score (nSPS) is 18.6. The van der Waals surface area contributed by atoms with Crippen molar-refractivity contribution in [3.8, 4) is 0 Å². The predicted octanol–water partition coefficient (Wildman–Crippen LogP) is 2.48. The van der Waals surface area contributed by atoms with Crippen molar-refractivity contribution < 1.29 is 9.90 Å². The van der Waals surface area contributed by atoms with E-state index in [4.69, 9.17) is 5.11 Å². The topological polar surface area (TPSA) is 49.3 Å². The van der Waals surface area contributed by atoms with Gasteiger partial charge in [-0.15, -0.1) is 0 Å². The van der Waals surface area contributed by atoms with Crippen LogP contribution in [0.25, 0.3) is 0 Å². The Morgan fingerprint density at radius 1 is 1.29 bits per heavy atom. The smallest absolute Gasteiger partial charge is 0.226 e. The average Bonchev–Trinajstić information content (AvgIpc) is 2.73. The van der Waals surface area contributed by atoms with Gasteiger partial charge in [-0.05, 0) is 38.0 Å². The van der Waals surface area contributed by atoms with E-state index in [9.17, 15) is 4.79 Å². The van der Waals surface area contributed by atoms with E-state index in [1.807, 2.05) is 0 Å². The highest BCUT2D eigenvalue weighted by Crippen LogP contribution is 2.43. The van der Waals surface area contributed by atoms with Crippen LogP contribution in [0.3, 0.4) is 0 Å². The Labute approximate surface area is 105 Å². The van der Waals surface area contributed by atoms with Gasteiger partial charge in [0.2, 0.25) is 5.91 Å². The molecule has 0 aliphatic heterocycles. The summed E-state index contributed by atoms with van der Waals surface area (Å²) in [5, 5.41) is 11.8. The number of amides is 1. The van der Waals surface area contributed by atoms with E-state index in [1.54, 1.807) is 0 Å². The number of aliphatic hydroxyl groups is 1. The molecule has 0 atom stereocenters. The minimum Gasteiger partial charge on any atom is -0.396 e. The van der Waals surface area contributed by atoms with Crippen LogP contribution in [-0.4, -0.2) is 24.2 Å². The van der Waals surface area contributed by atoms with E-state index in [2.05, 4.69) is 19.2 Å². The first-order valence-corrected chi connectivity index (χ1v) is 7.00. The first-order chi connectivity index (χ1) is 8.10. The molecule has 0 aromatic heterocycles. The molecule has 0 spiro atoms. The molecule has 3 heteroatoms. The van der Waals surface area contributed by atoms with Gasteiger partial charge in [-0.25, -0.2) is 0 Å². The molecule has 1 aliphatic rings. The molecule has 1 rings (SSSR count). The number of rotatable bonds is 7. The number of hydrogen-bond donors (Lipinski definition) is 2. The highest BCUT2D eigenvalue weighted by molar-refractivity contribution is 5.82. The van der Waals surface area contributed by atoms with Gasteiger partial charge in [0, 0.05) is 18.6 Å². The zero-order valence-corrected chi connectivity index (χ0v) is 11.3. The second-order valence-corrected chi connectivity index (χ2v) is 5.77. The number of aliphatic hydroxyl groups excluding tert-OH is 1. The molecule has 1 fully saturated rings. The molecule has 0 bridgehead atoms. The van der Waals surface area contributed by atoms with Crippen molar-refractivity contribution in [1.82, 2.24) is 5.32 Å². The molecule has 100 valence electrons. The second kappa shape index (κ2) is 7.00. The number of carbonyl (C=O) groups excluding carboxylic acids is 1. The fourth-order valence-electron chi connectivity index (χ4n) is 2.98. The van der Waals surface area contributed by atoms with E-state index < -0.39 is 0 Å². The van der Waals surface area contributed by atoms with Crippen molar-refractivity contribution in [2.75, 3.05) is 13.2 Å². The minimum absolute atomic E-state index is 0.0899. The van der Waals surface area contributed by atoms with Gasteiger partial charge in [-0.2, -0.15) is 0 Å². The first kappa shape index (κ1) is 14.5. The average molecular weight is 241 g/mol. The molecule has 0 radical (unpaired) electrons. The van der Waals surface area contributed by atoms with Crippen molar-refractivity contribution in [3.63, 3.8) is 0 Å². The predicted molar refractivity (Wildman–Crippen MR) is 69.7 cm³/mol. The van der Waals surface area contributed by atoms with E-state index in [0.717, 1.165) is 32.1 Å². The number of carbonyl (C=O) groups is 1. The van der Waals surface area contributed by atoms with Crippen molar-refractivity contribution >= 4 is 5.91 Å². The van der Waals surface area contributed by atoms with Gasteiger partial charge >= 0.3 is 0 Å². The lowest BCUT2D eigenvalue weighted by molar-refractivity contribution is -0.131. The SMILES string of the molecule is CC(C)CC1(C(=O)NCCCCO)CCCC1. The molecular weight excluding hydrogens is 214 g/mol. The zero-order valence-electron chi connectivity index (χ0n) is 11.3. The summed E-state index contributed by atoms with van der Waals surface area (Å²) in [7, 11) is 0. The number of hydrogen-bond acceptors (Lipinski definition) is 2. The highest BCUT2D eigenvalue weighted by atomic mass is 16.2. The van der Waals surface area contributed by atoms with Crippen molar-refractivity contribution in [3.05, 3.63) is 0 Å². The fourth-order valence-corrected chi connectivity index (χ4v) is 2.98. The maximum Gasteiger partial charge on any atom is 0.226 e. The van der Waals surface area contributed by atoms with E-state index in [1.165, 1.54) is 12.8 Å². The molecule has 3 nitrogen and oxygen atoms in total. The Kier molecular flexibility index (Phi) is 5.96. The van der Waals surface area contributed by atoms with Gasteiger partial charge in [0.25, 0.3) is 0 Å². The summed E-state index contributed by atoms with van der Waals surface area (Å²) in [6, 6.07) is 0. The summed E-state index contributed by atoms with van der Waals surface area (Å²) in [5.74, 6) is 0.831. The second-order valence-electron chi connectivity index (χ2n) is 5.77. The summed E-state index contributed by atoms with van der Waals surface area (Å²) >= 11 is 0. The Balaban J connectivity index is 2.43. The third kappa shape index (κ3) is 4.30. The largest absolute Gasteiger partial charge is 0.396 e. The summed E-state index contributed by atoms with van der Waals surface area (Å²) in [6.45, 7) is 5.31. The van der Waals surface area contributed by atoms with Gasteiger partial charge in [-0.1, -0.05) is 26.7 Å². The Hall–Kier alpha value is -0.570. The van der Waals surface area contributed by atoms with Crippen LogP contribution < -0.4 is 5.32 Å². The Bertz CT molecular complexity index is 232. The van der Waals surface area contributed by atoms with E-state index >= 15 is 0 Å². The van der Waals surface area contributed by atoms with E-state index in [-0.39, 0.29) is 17.9 Å². The highest BCUT2D eigenvalue weighted by Gasteiger charge is 2.40. The maximum absolute atomic E-state index is 12.3. The fraction of sp³-hybridized carbons (Fsp3) is 0.929. The Morgan fingerprint density at radius 2 is 1.94 bits per heavy atom. The van der Waals surface area contributed by atoms with Crippen LogP contribution in [0.2, 0.25) is 0 Å². The first-order valence-electron chi connectivity index (χ1n) is 7.00. The maximum atomic E-state index is 12.3. The van der Waals surface area contributed by atoms with Gasteiger partial charge in [0.15, 0.2) is 0 Å². The van der Waals surface area contributed by atoms with Crippen molar-refractivity contribution in [2.24, 2.45) is 11.3 Å². The van der Waals surface area contributed by atoms with Crippen LogP contribution in [0.5, 0.6) is 0 Å². The van der Waals surface area contributed by atoms with Gasteiger partial charge in [0.05, 0.1) is 0 Å². The van der Waals surface area contributed by atoms with Crippen LogP contribution in [0.1, 0.15) is 58.8 Å². The molecular formula is C14H27NO2. The zero-order chi connectivity index (χ0) is 12.7. The molecule has 0 heterocycles. The molecule has 0 unspecified atom stereocenters. The summed E-state index contributed by atoms with van der Waals surface area (Å²) in [5.41, 5.74) is -0.0899. The molecule has 1 amide bonds. The number of nitrogens with one attached hydrogen (secondary N) is 1. The lowest BCUT2D eigenvalue weighted by atomic mass is 9.77. The lowest BCUT2D eigenvalue weighted by Crippen LogP contribution is -2.40. The van der Waals surface area contributed by atoms with Crippen LogP contribution in [0.4, 0.5) is 0 Å². The molecule has 1 aliphatic carbocycles. The third-order valence-electron chi connectivity index (χ3n) is 3.71. The van der Waals surface area contributed by atoms with E-state index in [0.29, 0.717) is 12.5 Å². The van der Waals surface area contributed by atoms with Crippen LogP contribution in [0.15, 0.2) is 0 Å². The Morgan fingerprint density at radius 3 is 2.47 bits per heavy atom. The monoisotopic (exact) mass is 241 g/mol. The van der Waals surface area contributed by atoms with Crippen LogP contribution >= 0.6 is 0 Å². The van der Waals surface area contributed by atoms with Gasteiger partial charge < -0.3 is 10.4 Å². The number of unbranched alkanes of at least 4 members (excludes halogenated alkanes) is 1. The van der Waals surface area contributed by atoms with Gasteiger partial charge in [0.1, 0.15) is 0 Å². The van der Waals surface area contributed by atoms with Crippen molar-refractivity contribution in [1.29, 1.82) is 0 Å². The molecule has 0 aromatic carbocycles. The summed E-state index contributed by atoms with van der Waals surface area (Å²) < 4.78 is 0. The lowest BCUT2D eigenvalue weighted by Gasteiger charge is -2.29. The molecule has 2 N–H and O–H groups in total. The van der Waals surface area contributed by atoms with Crippen LogP contribution in [0, 0.1) is 11.3 Å². The third-order valence-corrected chi connectivity index (χ3v) is 3.71.